The number of hydrogen-bond acceptors (Lipinski definition) is 3. The Bertz CT molecular complexity index is 1230. The van der Waals surface area contributed by atoms with Crippen LogP contribution in [0.5, 0.6) is 0 Å². The third kappa shape index (κ3) is 5.67. The molecule has 6 nitrogen and oxygen atoms in total. The molecule has 9 heteroatoms. The maximum atomic E-state index is 12.9. The highest BCUT2D eigenvalue weighted by atomic mass is 19.4. The summed E-state index contributed by atoms with van der Waals surface area (Å²) in [6.07, 6.45) is 1.22. The molecule has 5 rings (SSSR count). The number of aryl methyl sites for hydroxylation is 1. The molecule has 3 aromatic rings. The van der Waals surface area contributed by atoms with Gasteiger partial charge in [-0.05, 0) is 61.1 Å². The first kappa shape index (κ1) is 24.8. The average Bonchev–Trinajstić information content (AvgIpc) is 2.98. The number of carboxylic acids is 1. The van der Waals surface area contributed by atoms with E-state index in [2.05, 4.69) is 28.4 Å². The number of amides is 1. The summed E-state index contributed by atoms with van der Waals surface area (Å²) in [4.78, 5) is 24.4. The molecule has 0 radical (unpaired) electrons. The molecular formula is C26H28F3N3O3. The number of nitrogens with zero attached hydrogens (tertiary/aromatic N) is 2. The van der Waals surface area contributed by atoms with Gasteiger partial charge in [0, 0.05) is 42.8 Å². The zero-order valence-electron chi connectivity index (χ0n) is 19.4. The van der Waals surface area contributed by atoms with Crippen LogP contribution in [0.2, 0.25) is 0 Å². The van der Waals surface area contributed by atoms with Gasteiger partial charge in [-0.25, -0.2) is 4.79 Å². The van der Waals surface area contributed by atoms with Crippen molar-refractivity contribution in [2.24, 2.45) is 7.05 Å². The van der Waals surface area contributed by atoms with E-state index >= 15 is 0 Å². The summed E-state index contributed by atoms with van der Waals surface area (Å²) in [5, 5.41) is 11.3. The van der Waals surface area contributed by atoms with Crippen LogP contribution < -0.4 is 5.32 Å². The maximum Gasteiger partial charge on any atom is 0.490 e. The summed E-state index contributed by atoms with van der Waals surface area (Å²) >= 11 is 0. The van der Waals surface area contributed by atoms with Crippen LogP contribution in [0.15, 0.2) is 48.5 Å². The van der Waals surface area contributed by atoms with Gasteiger partial charge in [0.15, 0.2) is 0 Å². The second-order valence-electron chi connectivity index (χ2n) is 9.01. The van der Waals surface area contributed by atoms with Gasteiger partial charge in [0.2, 0.25) is 0 Å². The van der Waals surface area contributed by atoms with E-state index in [0.29, 0.717) is 5.69 Å². The number of carbonyl (C=O) groups is 2. The quantitative estimate of drug-likeness (QED) is 0.544. The number of carboxylic acid groups (broad SMARTS) is 1. The minimum atomic E-state index is -5.08. The number of para-hydroxylation sites is 1. The fourth-order valence-electron chi connectivity index (χ4n) is 4.64. The van der Waals surface area contributed by atoms with Crippen molar-refractivity contribution in [3.05, 3.63) is 65.4 Å². The average molecular weight is 488 g/mol. The Morgan fingerprint density at radius 2 is 1.66 bits per heavy atom. The number of halogens is 3. The normalized spacial score (nSPS) is 16.5. The molecule has 2 heterocycles. The lowest BCUT2D eigenvalue weighted by molar-refractivity contribution is -0.192. The predicted molar refractivity (Wildman–Crippen MR) is 128 cm³/mol. The fraction of sp³-hybridized carbons (Fsp3) is 0.385. The van der Waals surface area contributed by atoms with Crippen LogP contribution in [0.25, 0.3) is 10.9 Å². The van der Waals surface area contributed by atoms with Gasteiger partial charge in [0.1, 0.15) is 5.69 Å². The monoisotopic (exact) mass is 487 g/mol. The number of anilines is 1. The van der Waals surface area contributed by atoms with Crippen molar-refractivity contribution in [2.45, 2.75) is 44.3 Å². The molecular weight excluding hydrogens is 459 g/mol. The lowest BCUT2D eigenvalue weighted by atomic mass is 9.91. The van der Waals surface area contributed by atoms with Crippen LogP contribution in [0, 0.1) is 0 Å². The smallest absolute Gasteiger partial charge is 0.475 e. The van der Waals surface area contributed by atoms with E-state index in [1.807, 2.05) is 41.9 Å². The van der Waals surface area contributed by atoms with E-state index in [9.17, 15) is 18.0 Å². The van der Waals surface area contributed by atoms with Crippen molar-refractivity contribution in [1.29, 1.82) is 0 Å². The van der Waals surface area contributed by atoms with Crippen LogP contribution >= 0.6 is 0 Å². The zero-order valence-corrected chi connectivity index (χ0v) is 19.4. The van der Waals surface area contributed by atoms with Gasteiger partial charge in [-0.1, -0.05) is 30.7 Å². The van der Waals surface area contributed by atoms with Crippen molar-refractivity contribution in [2.75, 3.05) is 18.4 Å². The van der Waals surface area contributed by atoms with Gasteiger partial charge in [0.05, 0.1) is 0 Å². The number of aromatic nitrogens is 1. The molecule has 1 saturated carbocycles. The van der Waals surface area contributed by atoms with Gasteiger partial charge in [-0.15, -0.1) is 0 Å². The molecule has 1 amide bonds. The van der Waals surface area contributed by atoms with Gasteiger partial charge in [0.25, 0.3) is 5.91 Å². The SMILES string of the molecule is Cn1c(C(=O)Nc2ccc3c(c2)CCN(C2CCC2)CC3)cc2ccccc21.O=C(O)C(F)(F)F. The Balaban J connectivity index is 0.000000364. The van der Waals surface area contributed by atoms with E-state index in [-0.39, 0.29) is 5.91 Å². The molecule has 0 saturated heterocycles. The summed E-state index contributed by atoms with van der Waals surface area (Å²) in [6, 6.07) is 17.3. The number of carbonyl (C=O) groups excluding carboxylic acids is 1. The van der Waals surface area contributed by atoms with Crippen LogP contribution in [0.3, 0.4) is 0 Å². The van der Waals surface area contributed by atoms with Crippen LogP contribution in [0.1, 0.15) is 40.9 Å². The lowest BCUT2D eigenvalue weighted by Gasteiger charge is -2.36. The third-order valence-corrected chi connectivity index (χ3v) is 6.82. The van der Waals surface area contributed by atoms with Crippen LogP contribution in [-0.4, -0.2) is 51.8 Å². The molecule has 1 aromatic heterocycles. The summed E-state index contributed by atoms with van der Waals surface area (Å²) in [5.41, 5.74) is 5.48. The van der Waals surface area contributed by atoms with Crippen molar-refractivity contribution >= 4 is 28.5 Å². The Morgan fingerprint density at radius 3 is 2.26 bits per heavy atom. The molecule has 1 aliphatic heterocycles. The van der Waals surface area contributed by atoms with E-state index in [1.165, 1.54) is 36.9 Å². The topological polar surface area (TPSA) is 74.6 Å². The molecule has 0 bridgehead atoms. The van der Waals surface area contributed by atoms with Gasteiger partial charge < -0.3 is 15.0 Å². The van der Waals surface area contributed by atoms with E-state index in [1.54, 1.807) is 0 Å². The number of rotatable bonds is 3. The number of fused-ring (bicyclic) bond motifs is 2. The van der Waals surface area contributed by atoms with Crippen LogP contribution in [0.4, 0.5) is 18.9 Å². The maximum absolute atomic E-state index is 12.9. The third-order valence-electron chi connectivity index (χ3n) is 6.82. The summed E-state index contributed by atoms with van der Waals surface area (Å²) < 4.78 is 33.7. The molecule has 0 atom stereocenters. The predicted octanol–water partition coefficient (Wildman–Crippen LogP) is 5.02. The Hall–Kier alpha value is -3.33. The van der Waals surface area contributed by atoms with Crippen molar-refractivity contribution in [1.82, 2.24) is 9.47 Å². The lowest BCUT2D eigenvalue weighted by Crippen LogP contribution is -2.41. The summed E-state index contributed by atoms with van der Waals surface area (Å²) in [6.45, 7) is 2.30. The molecule has 35 heavy (non-hydrogen) atoms. The summed E-state index contributed by atoms with van der Waals surface area (Å²) in [7, 11) is 1.95. The zero-order chi connectivity index (χ0) is 25.2. The van der Waals surface area contributed by atoms with Crippen molar-refractivity contribution in [3.63, 3.8) is 0 Å². The Morgan fingerprint density at radius 1 is 1.00 bits per heavy atom. The number of alkyl halides is 3. The molecule has 2 N–H and O–H groups in total. The fourth-order valence-corrected chi connectivity index (χ4v) is 4.64. The van der Waals surface area contributed by atoms with Gasteiger partial charge in [-0.2, -0.15) is 13.2 Å². The molecule has 0 spiro atoms. The van der Waals surface area contributed by atoms with Gasteiger partial charge in [-0.3, -0.25) is 9.69 Å². The second-order valence-corrected chi connectivity index (χ2v) is 9.01. The number of nitrogens with one attached hydrogen (secondary N) is 1. The first-order chi connectivity index (χ1) is 16.6. The summed E-state index contributed by atoms with van der Waals surface area (Å²) in [5.74, 6) is -2.81. The highest BCUT2D eigenvalue weighted by molar-refractivity contribution is 6.06. The number of aliphatic carboxylic acids is 1. The van der Waals surface area contributed by atoms with Crippen LogP contribution in [-0.2, 0) is 24.7 Å². The Kier molecular flexibility index (Phi) is 7.16. The van der Waals surface area contributed by atoms with E-state index in [0.717, 1.165) is 42.0 Å². The number of benzene rings is 2. The van der Waals surface area contributed by atoms with E-state index in [4.69, 9.17) is 9.90 Å². The first-order valence-electron chi connectivity index (χ1n) is 11.7. The molecule has 2 aromatic carbocycles. The molecule has 186 valence electrons. The molecule has 0 unspecified atom stereocenters. The molecule has 1 aliphatic carbocycles. The highest BCUT2D eigenvalue weighted by Gasteiger charge is 2.38. The standard InChI is InChI=1S/C24H27N3O.C2HF3O2/c1-26-22-8-3-2-5-19(22)16-23(26)24(28)25-20-10-9-17-11-13-27(21-6-4-7-21)14-12-18(17)15-20;3-2(4,5)1(6)7/h2-3,5,8-10,15-16,21H,4,6-7,11-14H2,1H3,(H,25,28);(H,6,7). The van der Waals surface area contributed by atoms with Gasteiger partial charge >= 0.3 is 12.1 Å². The minimum absolute atomic E-state index is 0.0524. The van der Waals surface area contributed by atoms with Crippen molar-refractivity contribution < 1.29 is 27.9 Å². The van der Waals surface area contributed by atoms with E-state index < -0.39 is 12.1 Å². The number of hydrogen-bond donors (Lipinski definition) is 2. The highest BCUT2D eigenvalue weighted by Crippen LogP contribution is 2.28. The first-order valence-corrected chi connectivity index (χ1v) is 11.7. The minimum Gasteiger partial charge on any atom is -0.475 e. The Labute approximate surface area is 201 Å². The molecule has 1 fully saturated rings. The second kappa shape index (κ2) is 10.1. The molecule has 2 aliphatic rings. The van der Waals surface area contributed by atoms with Crippen molar-refractivity contribution in [3.8, 4) is 0 Å². The largest absolute Gasteiger partial charge is 0.490 e.